The Balaban J connectivity index is 2.58. The molecular weight excluding hydrogens is 164 g/mol. The van der Waals surface area contributed by atoms with Gasteiger partial charge in [-0.3, -0.25) is 0 Å². The van der Waals surface area contributed by atoms with Crippen LogP contribution in [0.1, 0.15) is 0 Å². The minimum absolute atomic E-state index is 0.229. The number of hydrogen-bond donors (Lipinski definition) is 2. The number of methoxy groups -OCH3 is 2. The zero-order chi connectivity index (χ0) is 9.14. The molecule has 0 bridgehead atoms. The Hall–Kier alpha value is -0.200. The van der Waals surface area contributed by atoms with Gasteiger partial charge in [0.25, 0.3) is 0 Å². The fourth-order valence-corrected chi connectivity index (χ4v) is 1.26. The first kappa shape index (κ1) is 9.88. The van der Waals surface area contributed by atoms with Crippen LogP contribution in [0.2, 0.25) is 0 Å². The number of hydrogen-bond acceptors (Lipinski definition) is 5. The van der Waals surface area contributed by atoms with Crippen molar-refractivity contribution < 1.29 is 24.4 Å². The van der Waals surface area contributed by atoms with Gasteiger partial charge in [0.05, 0.1) is 6.61 Å². The van der Waals surface area contributed by atoms with Gasteiger partial charge in [0.2, 0.25) is 0 Å². The van der Waals surface area contributed by atoms with Gasteiger partial charge in [0.15, 0.2) is 6.29 Å². The fourth-order valence-electron chi connectivity index (χ4n) is 1.26. The molecule has 0 amide bonds. The fraction of sp³-hybridized carbons (Fsp3) is 1.00. The van der Waals surface area contributed by atoms with E-state index in [0.717, 1.165) is 0 Å². The third-order valence-electron chi connectivity index (χ3n) is 2.00. The van der Waals surface area contributed by atoms with Crippen molar-refractivity contribution in [3.8, 4) is 0 Å². The SMILES string of the molecule is CO[C@@H]1[C@@H](O)[C@H](O)OC[C@@H]1OC. The van der Waals surface area contributed by atoms with Crippen molar-refractivity contribution >= 4 is 0 Å². The third-order valence-corrected chi connectivity index (χ3v) is 2.00. The van der Waals surface area contributed by atoms with Crippen molar-refractivity contribution in [3.63, 3.8) is 0 Å². The molecule has 1 saturated heterocycles. The van der Waals surface area contributed by atoms with Gasteiger partial charge in [-0.25, -0.2) is 0 Å². The molecule has 1 heterocycles. The van der Waals surface area contributed by atoms with E-state index >= 15 is 0 Å². The maximum absolute atomic E-state index is 9.36. The summed E-state index contributed by atoms with van der Waals surface area (Å²) < 4.78 is 14.8. The second-order valence-corrected chi connectivity index (χ2v) is 2.69. The van der Waals surface area contributed by atoms with Crippen LogP contribution in [0.15, 0.2) is 0 Å². The van der Waals surface area contributed by atoms with E-state index in [1.54, 1.807) is 0 Å². The lowest BCUT2D eigenvalue weighted by Crippen LogP contribution is -2.54. The van der Waals surface area contributed by atoms with E-state index in [1.165, 1.54) is 14.2 Å². The molecule has 0 saturated carbocycles. The first-order valence-corrected chi connectivity index (χ1v) is 3.74. The number of aliphatic hydroxyl groups excluding tert-OH is 2. The Bertz CT molecular complexity index is 138. The van der Waals surface area contributed by atoms with Crippen molar-refractivity contribution in [2.24, 2.45) is 0 Å². The quantitative estimate of drug-likeness (QED) is 0.551. The lowest BCUT2D eigenvalue weighted by Gasteiger charge is -2.36. The first-order valence-electron chi connectivity index (χ1n) is 3.74. The highest BCUT2D eigenvalue weighted by molar-refractivity contribution is 4.83. The molecule has 72 valence electrons. The Morgan fingerprint density at radius 3 is 2.42 bits per heavy atom. The maximum atomic E-state index is 9.36. The molecule has 0 spiro atoms. The molecule has 1 rings (SSSR count). The van der Waals surface area contributed by atoms with E-state index in [1.807, 2.05) is 0 Å². The molecule has 1 aliphatic heterocycles. The number of aliphatic hydroxyl groups is 2. The Morgan fingerprint density at radius 1 is 1.25 bits per heavy atom. The highest BCUT2D eigenvalue weighted by atomic mass is 16.6. The second kappa shape index (κ2) is 4.15. The number of rotatable bonds is 2. The lowest BCUT2D eigenvalue weighted by molar-refractivity contribution is -0.261. The highest BCUT2D eigenvalue weighted by Gasteiger charge is 2.38. The van der Waals surface area contributed by atoms with Gasteiger partial charge < -0.3 is 24.4 Å². The van der Waals surface area contributed by atoms with Crippen molar-refractivity contribution in [3.05, 3.63) is 0 Å². The molecule has 0 aromatic carbocycles. The molecule has 0 unspecified atom stereocenters. The van der Waals surface area contributed by atoms with Crippen LogP contribution in [-0.2, 0) is 14.2 Å². The maximum Gasteiger partial charge on any atom is 0.183 e. The lowest BCUT2D eigenvalue weighted by atomic mass is 10.1. The molecule has 1 fully saturated rings. The monoisotopic (exact) mass is 178 g/mol. The molecule has 0 aliphatic carbocycles. The van der Waals surface area contributed by atoms with E-state index < -0.39 is 18.5 Å². The third kappa shape index (κ3) is 1.75. The van der Waals surface area contributed by atoms with Gasteiger partial charge in [0.1, 0.15) is 18.3 Å². The van der Waals surface area contributed by atoms with Gasteiger partial charge in [0, 0.05) is 14.2 Å². The summed E-state index contributed by atoms with van der Waals surface area (Å²) in [5.74, 6) is 0. The minimum Gasteiger partial charge on any atom is -0.385 e. The van der Waals surface area contributed by atoms with Crippen LogP contribution in [0, 0.1) is 0 Å². The topological polar surface area (TPSA) is 68.2 Å². The summed E-state index contributed by atoms with van der Waals surface area (Å²) >= 11 is 0. The summed E-state index contributed by atoms with van der Waals surface area (Å²) in [5, 5.41) is 18.4. The summed E-state index contributed by atoms with van der Waals surface area (Å²) in [5.41, 5.74) is 0. The Kier molecular flexibility index (Phi) is 3.42. The van der Waals surface area contributed by atoms with Crippen molar-refractivity contribution in [2.75, 3.05) is 20.8 Å². The van der Waals surface area contributed by atoms with Crippen LogP contribution in [0.4, 0.5) is 0 Å². The summed E-state index contributed by atoms with van der Waals surface area (Å²) in [7, 11) is 2.96. The van der Waals surface area contributed by atoms with Gasteiger partial charge in [-0.1, -0.05) is 0 Å². The second-order valence-electron chi connectivity index (χ2n) is 2.69. The molecule has 1 aliphatic rings. The highest BCUT2D eigenvalue weighted by Crippen LogP contribution is 2.17. The Labute approximate surface area is 70.9 Å². The predicted octanol–water partition coefficient (Wildman–Crippen LogP) is -1.27. The van der Waals surface area contributed by atoms with Gasteiger partial charge in [-0.2, -0.15) is 0 Å². The molecule has 12 heavy (non-hydrogen) atoms. The van der Waals surface area contributed by atoms with Crippen LogP contribution in [0.25, 0.3) is 0 Å². The average molecular weight is 178 g/mol. The molecule has 5 nitrogen and oxygen atoms in total. The van der Waals surface area contributed by atoms with Crippen molar-refractivity contribution in [2.45, 2.75) is 24.6 Å². The molecule has 0 radical (unpaired) electrons. The zero-order valence-electron chi connectivity index (χ0n) is 7.14. The summed E-state index contributed by atoms with van der Waals surface area (Å²) in [6.07, 6.45) is -3.08. The van der Waals surface area contributed by atoms with Crippen LogP contribution < -0.4 is 0 Å². The van der Waals surface area contributed by atoms with E-state index in [2.05, 4.69) is 0 Å². The van der Waals surface area contributed by atoms with Crippen molar-refractivity contribution in [1.29, 1.82) is 0 Å². The van der Waals surface area contributed by atoms with E-state index in [4.69, 9.17) is 19.3 Å². The van der Waals surface area contributed by atoms with Gasteiger partial charge >= 0.3 is 0 Å². The molecular formula is C7H14O5. The van der Waals surface area contributed by atoms with Gasteiger partial charge in [-0.05, 0) is 0 Å². The van der Waals surface area contributed by atoms with Gasteiger partial charge in [-0.15, -0.1) is 0 Å². The van der Waals surface area contributed by atoms with Crippen LogP contribution in [0.3, 0.4) is 0 Å². The first-order chi connectivity index (χ1) is 5.70. The standard InChI is InChI=1S/C7H14O5/c1-10-4-3-12-7(9)5(8)6(4)11-2/h4-9H,3H2,1-2H3/t4-,5+,6-,7+/m0/s1. The average Bonchev–Trinajstić information content (AvgIpc) is 2.09. The Morgan fingerprint density at radius 2 is 1.92 bits per heavy atom. The van der Waals surface area contributed by atoms with Crippen LogP contribution in [0.5, 0.6) is 0 Å². The molecule has 0 aromatic rings. The van der Waals surface area contributed by atoms with E-state index in [-0.39, 0.29) is 12.7 Å². The molecule has 4 atom stereocenters. The van der Waals surface area contributed by atoms with Crippen molar-refractivity contribution in [1.82, 2.24) is 0 Å². The number of ether oxygens (including phenoxy) is 3. The molecule has 0 aromatic heterocycles. The van der Waals surface area contributed by atoms with Crippen LogP contribution >= 0.6 is 0 Å². The molecule has 5 heteroatoms. The zero-order valence-corrected chi connectivity index (χ0v) is 7.14. The summed E-state index contributed by atoms with van der Waals surface area (Å²) in [6.45, 7) is 0.229. The van der Waals surface area contributed by atoms with E-state index in [9.17, 15) is 5.11 Å². The smallest absolute Gasteiger partial charge is 0.183 e. The minimum atomic E-state index is -1.18. The molecule has 2 N–H and O–H groups in total. The predicted molar refractivity (Wildman–Crippen MR) is 39.6 cm³/mol. The van der Waals surface area contributed by atoms with E-state index in [0.29, 0.717) is 0 Å². The normalized spacial score (nSPS) is 43.0. The summed E-state index contributed by atoms with van der Waals surface area (Å²) in [4.78, 5) is 0. The largest absolute Gasteiger partial charge is 0.385 e. The van der Waals surface area contributed by atoms with Crippen LogP contribution in [-0.4, -0.2) is 55.6 Å². The summed E-state index contributed by atoms with van der Waals surface area (Å²) in [6, 6.07) is 0.